The van der Waals surface area contributed by atoms with Crippen LogP contribution in [0.1, 0.15) is 33.3 Å². The van der Waals surface area contributed by atoms with Crippen LogP contribution in [0.3, 0.4) is 0 Å². The lowest BCUT2D eigenvalue weighted by molar-refractivity contribution is -0.134. The summed E-state index contributed by atoms with van der Waals surface area (Å²) in [5, 5.41) is 12.6. The monoisotopic (exact) mass is 434 g/mol. The van der Waals surface area contributed by atoms with E-state index in [0.29, 0.717) is 18.8 Å². The van der Waals surface area contributed by atoms with Gasteiger partial charge in [0.15, 0.2) is 0 Å². The van der Waals surface area contributed by atoms with Crippen LogP contribution in [-0.4, -0.2) is 85.9 Å². The van der Waals surface area contributed by atoms with E-state index in [9.17, 15) is 14.7 Å². The smallest absolute Gasteiger partial charge is 0.317 e. The Morgan fingerprint density at radius 1 is 1.29 bits per heavy atom. The number of anilines is 1. The van der Waals surface area contributed by atoms with E-state index in [4.69, 9.17) is 4.74 Å². The molecule has 2 N–H and O–H groups in total. The number of amides is 3. The van der Waals surface area contributed by atoms with E-state index >= 15 is 0 Å². The van der Waals surface area contributed by atoms with Gasteiger partial charge in [-0.15, -0.1) is 0 Å². The maximum absolute atomic E-state index is 13.1. The fourth-order valence-corrected chi connectivity index (χ4v) is 3.62. The molecule has 0 radical (unpaired) electrons. The Kier molecular flexibility index (Phi) is 8.56. The number of carbonyl (C=O) groups is 2. The highest BCUT2D eigenvalue weighted by atomic mass is 16.5. The quantitative estimate of drug-likeness (QED) is 0.715. The number of hydrogen-bond donors (Lipinski definition) is 2. The third-order valence-corrected chi connectivity index (χ3v) is 5.63. The van der Waals surface area contributed by atoms with E-state index in [0.717, 1.165) is 11.3 Å². The number of carbonyl (C=O) groups excluding carboxylic acids is 2. The zero-order valence-electron chi connectivity index (χ0n) is 19.9. The standard InChI is InChI=1S/C23H38N4O4/c1-15(2)24-23(30)26(7)13-21-16(3)12-27(17(4)14-28)22(29)11-18-10-19(25(5)6)8-9-20(18)31-21/h8-10,15-17,21,28H,11-14H2,1-7H3,(H,24,30)/t16-,17-,21-/m0/s1. The van der Waals surface area contributed by atoms with E-state index in [-0.39, 0.29) is 49.1 Å². The number of aliphatic hydroxyl groups excluding tert-OH is 1. The molecule has 0 unspecified atom stereocenters. The molecule has 174 valence electrons. The molecule has 0 aromatic heterocycles. The molecule has 3 amide bonds. The van der Waals surface area contributed by atoms with Gasteiger partial charge >= 0.3 is 6.03 Å². The summed E-state index contributed by atoms with van der Waals surface area (Å²) in [7, 11) is 5.65. The predicted octanol–water partition coefficient (Wildman–Crippen LogP) is 1.95. The number of likely N-dealkylation sites (N-methyl/N-ethyl adjacent to an activating group) is 1. The number of rotatable bonds is 6. The highest BCUT2D eigenvalue weighted by Crippen LogP contribution is 2.29. The van der Waals surface area contributed by atoms with E-state index in [2.05, 4.69) is 5.32 Å². The average Bonchev–Trinajstić information content (AvgIpc) is 2.74. The summed E-state index contributed by atoms with van der Waals surface area (Å²) in [5.41, 5.74) is 1.79. The fourth-order valence-electron chi connectivity index (χ4n) is 3.62. The molecule has 1 aromatic rings. The Balaban J connectivity index is 2.40. The summed E-state index contributed by atoms with van der Waals surface area (Å²) in [6.07, 6.45) is -0.115. The van der Waals surface area contributed by atoms with Gasteiger partial charge in [0.1, 0.15) is 11.9 Å². The first-order valence-electron chi connectivity index (χ1n) is 10.9. The zero-order valence-corrected chi connectivity index (χ0v) is 19.9. The maximum atomic E-state index is 13.1. The van der Waals surface area contributed by atoms with Gasteiger partial charge in [-0.2, -0.15) is 0 Å². The number of ether oxygens (including phenoxy) is 1. The molecule has 0 bridgehead atoms. The minimum atomic E-state index is -0.314. The topological polar surface area (TPSA) is 85.4 Å². The molecule has 0 saturated heterocycles. The number of fused-ring (bicyclic) bond motifs is 1. The molecule has 3 atom stereocenters. The third kappa shape index (κ3) is 6.50. The number of aliphatic hydroxyl groups is 1. The van der Waals surface area contributed by atoms with Crippen LogP contribution in [0.5, 0.6) is 5.75 Å². The van der Waals surface area contributed by atoms with Crippen molar-refractivity contribution in [3.63, 3.8) is 0 Å². The van der Waals surface area contributed by atoms with Crippen LogP contribution in [0.4, 0.5) is 10.5 Å². The average molecular weight is 435 g/mol. The number of urea groups is 1. The second kappa shape index (κ2) is 10.7. The summed E-state index contributed by atoms with van der Waals surface area (Å²) in [5.74, 6) is 0.569. The van der Waals surface area contributed by atoms with Gasteiger partial charge in [-0.1, -0.05) is 6.92 Å². The molecule has 31 heavy (non-hydrogen) atoms. The number of benzene rings is 1. The zero-order chi connectivity index (χ0) is 23.3. The molecule has 1 aromatic carbocycles. The molecule has 1 aliphatic rings. The molecule has 8 heteroatoms. The van der Waals surface area contributed by atoms with Gasteiger partial charge in [0, 0.05) is 50.9 Å². The van der Waals surface area contributed by atoms with Gasteiger partial charge in [0.05, 0.1) is 25.6 Å². The van der Waals surface area contributed by atoms with Gasteiger partial charge in [-0.25, -0.2) is 4.79 Å². The SMILES string of the molecule is CC(C)NC(=O)N(C)C[C@@H]1Oc2ccc(N(C)C)cc2CC(=O)N([C@@H](C)CO)C[C@@H]1C. The van der Waals surface area contributed by atoms with Crippen molar-refractivity contribution in [3.8, 4) is 5.75 Å². The van der Waals surface area contributed by atoms with E-state index in [1.165, 1.54) is 0 Å². The van der Waals surface area contributed by atoms with Crippen molar-refractivity contribution in [1.82, 2.24) is 15.1 Å². The van der Waals surface area contributed by atoms with Crippen molar-refractivity contribution < 1.29 is 19.4 Å². The van der Waals surface area contributed by atoms with Crippen LogP contribution < -0.4 is 15.0 Å². The van der Waals surface area contributed by atoms with Crippen LogP contribution in [-0.2, 0) is 11.2 Å². The van der Waals surface area contributed by atoms with Gasteiger partial charge in [-0.05, 0) is 39.0 Å². The van der Waals surface area contributed by atoms with Crippen molar-refractivity contribution in [1.29, 1.82) is 0 Å². The molecule has 0 saturated carbocycles. The van der Waals surface area contributed by atoms with E-state index in [1.807, 2.05) is 64.9 Å². The molecule has 8 nitrogen and oxygen atoms in total. The van der Waals surface area contributed by atoms with Gasteiger partial charge in [0.25, 0.3) is 0 Å². The molecule has 0 spiro atoms. The lowest BCUT2D eigenvalue weighted by Crippen LogP contribution is -2.49. The fraction of sp³-hybridized carbons (Fsp3) is 0.652. The Bertz CT molecular complexity index is 768. The lowest BCUT2D eigenvalue weighted by atomic mass is 10.0. The molecule has 0 aliphatic carbocycles. The van der Waals surface area contributed by atoms with Crippen LogP contribution in [0, 0.1) is 5.92 Å². The Morgan fingerprint density at radius 3 is 2.55 bits per heavy atom. The number of nitrogens with zero attached hydrogens (tertiary/aromatic N) is 3. The minimum absolute atomic E-state index is 0.0394. The first-order valence-corrected chi connectivity index (χ1v) is 10.9. The summed E-state index contributed by atoms with van der Waals surface area (Å²) in [6, 6.07) is 5.42. The Hall–Kier alpha value is -2.48. The summed E-state index contributed by atoms with van der Waals surface area (Å²) in [4.78, 5) is 30.9. The molecular formula is C23H38N4O4. The number of hydrogen-bond acceptors (Lipinski definition) is 5. The lowest BCUT2D eigenvalue weighted by Gasteiger charge is -2.34. The number of nitrogens with one attached hydrogen (secondary N) is 1. The highest BCUT2D eigenvalue weighted by Gasteiger charge is 2.31. The summed E-state index contributed by atoms with van der Waals surface area (Å²) < 4.78 is 6.42. The van der Waals surface area contributed by atoms with Crippen molar-refractivity contribution in [2.45, 2.75) is 52.3 Å². The van der Waals surface area contributed by atoms with Crippen LogP contribution in [0.15, 0.2) is 18.2 Å². The van der Waals surface area contributed by atoms with Crippen LogP contribution in [0.2, 0.25) is 0 Å². The first kappa shape index (κ1) is 24.8. The first-order chi connectivity index (χ1) is 14.5. The summed E-state index contributed by atoms with van der Waals surface area (Å²) in [6.45, 7) is 8.42. The van der Waals surface area contributed by atoms with Crippen molar-refractivity contribution in [2.24, 2.45) is 5.92 Å². The van der Waals surface area contributed by atoms with E-state index < -0.39 is 0 Å². The second-order valence-corrected chi connectivity index (χ2v) is 9.06. The summed E-state index contributed by atoms with van der Waals surface area (Å²) >= 11 is 0. The van der Waals surface area contributed by atoms with Crippen LogP contribution in [0.25, 0.3) is 0 Å². The molecule has 0 fully saturated rings. The largest absolute Gasteiger partial charge is 0.488 e. The van der Waals surface area contributed by atoms with Crippen molar-refractivity contribution in [3.05, 3.63) is 23.8 Å². The Labute approximate surface area is 186 Å². The van der Waals surface area contributed by atoms with Gasteiger partial charge in [-0.3, -0.25) is 4.79 Å². The molecular weight excluding hydrogens is 396 g/mol. The predicted molar refractivity (Wildman–Crippen MR) is 123 cm³/mol. The van der Waals surface area contributed by atoms with Crippen molar-refractivity contribution in [2.75, 3.05) is 45.7 Å². The van der Waals surface area contributed by atoms with Crippen LogP contribution >= 0.6 is 0 Å². The third-order valence-electron chi connectivity index (χ3n) is 5.63. The van der Waals surface area contributed by atoms with Gasteiger partial charge in [0.2, 0.25) is 5.91 Å². The van der Waals surface area contributed by atoms with Crippen molar-refractivity contribution >= 4 is 17.6 Å². The second-order valence-electron chi connectivity index (χ2n) is 9.06. The molecule has 1 heterocycles. The van der Waals surface area contributed by atoms with E-state index in [1.54, 1.807) is 16.8 Å². The maximum Gasteiger partial charge on any atom is 0.317 e. The minimum Gasteiger partial charge on any atom is -0.488 e. The molecule has 1 aliphatic heterocycles. The molecule has 2 rings (SSSR count). The normalized spacial score (nSPS) is 20.2. The Morgan fingerprint density at radius 2 is 1.97 bits per heavy atom. The van der Waals surface area contributed by atoms with Gasteiger partial charge < -0.3 is 29.9 Å². The highest BCUT2D eigenvalue weighted by molar-refractivity contribution is 5.80.